The molecule has 1 heterocycles. The van der Waals surface area contributed by atoms with E-state index in [2.05, 4.69) is 5.32 Å². The fourth-order valence-electron chi connectivity index (χ4n) is 4.26. The van der Waals surface area contributed by atoms with Crippen molar-refractivity contribution in [3.63, 3.8) is 0 Å². The topological polar surface area (TPSA) is 132 Å². The molecule has 1 aliphatic heterocycles. The van der Waals surface area contributed by atoms with Crippen molar-refractivity contribution in [3.8, 4) is 11.5 Å². The van der Waals surface area contributed by atoms with Crippen LogP contribution in [-0.4, -0.2) is 74.9 Å². The first kappa shape index (κ1) is 30.6. The van der Waals surface area contributed by atoms with Gasteiger partial charge in [-0.3, -0.25) is 15.0 Å². The van der Waals surface area contributed by atoms with Crippen molar-refractivity contribution in [2.75, 3.05) is 46.3 Å². The van der Waals surface area contributed by atoms with E-state index in [1.54, 1.807) is 48.2 Å². The summed E-state index contributed by atoms with van der Waals surface area (Å²) in [6.07, 6.45) is 0. The van der Waals surface area contributed by atoms with Crippen LogP contribution in [0.1, 0.15) is 58.2 Å². The summed E-state index contributed by atoms with van der Waals surface area (Å²) in [5, 5.41) is 20.4. The molecule has 206 valence electrons. The summed E-state index contributed by atoms with van der Waals surface area (Å²) in [5.41, 5.74) is 3.00. The molecular weight excluding hydrogens is 556 g/mol. The Morgan fingerprint density at radius 2 is 1.82 bits per heavy atom. The van der Waals surface area contributed by atoms with Crippen molar-refractivity contribution in [1.29, 1.82) is 5.41 Å². The highest BCUT2D eigenvalue weighted by atomic mass is 79.9. The number of rotatable bonds is 9. The number of fused-ring (bicyclic) bond motifs is 1. The van der Waals surface area contributed by atoms with Crippen molar-refractivity contribution in [3.05, 3.63) is 52.1 Å². The molecule has 0 unspecified atom stereocenters. The molecule has 1 amide bonds. The van der Waals surface area contributed by atoms with E-state index < -0.39 is 18.0 Å². The number of nitrogens with one attached hydrogen (secondary N) is 2. The first-order valence-electron chi connectivity index (χ1n) is 11.8. The minimum Gasteiger partial charge on any atom is -0.496 e. The normalized spacial score (nSPS) is 12.4. The molecule has 0 spiro atoms. The molecule has 2 aromatic carbocycles. The Kier molecular flexibility index (Phi) is 9.55. The number of carboxylic acids is 1. The maximum atomic E-state index is 13.5. The van der Waals surface area contributed by atoms with E-state index in [9.17, 15) is 14.4 Å². The average Bonchev–Trinajstić information content (AvgIpc) is 3.13. The molecule has 0 fully saturated rings. The van der Waals surface area contributed by atoms with E-state index in [0.717, 1.165) is 5.56 Å². The minimum absolute atomic E-state index is 0. The lowest BCUT2D eigenvalue weighted by molar-refractivity contribution is -0.139. The van der Waals surface area contributed by atoms with Crippen molar-refractivity contribution in [2.24, 2.45) is 0 Å². The van der Waals surface area contributed by atoms with E-state index in [1.165, 1.54) is 14.2 Å². The molecule has 0 radical (unpaired) electrons. The van der Waals surface area contributed by atoms with E-state index in [-0.39, 0.29) is 41.1 Å². The number of aliphatic carboxylic acids is 1. The van der Waals surface area contributed by atoms with Crippen LogP contribution in [0.15, 0.2) is 24.3 Å². The second kappa shape index (κ2) is 11.8. The van der Waals surface area contributed by atoms with Gasteiger partial charge in [-0.25, -0.2) is 4.79 Å². The molecule has 1 aliphatic rings. The predicted molar refractivity (Wildman–Crippen MR) is 151 cm³/mol. The quantitative estimate of drug-likeness (QED) is 0.378. The van der Waals surface area contributed by atoms with Crippen LogP contribution in [0.4, 0.5) is 5.69 Å². The highest BCUT2D eigenvalue weighted by Crippen LogP contribution is 2.40. The van der Waals surface area contributed by atoms with Gasteiger partial charge in [-0.15, -0.1) is 17.0 Å². The number of anilines is 1. The lowest BCUT2D eigenvalue weighted by atomic mass is 9.84. The minimum atomic E-state index is -1.09. The van der Waals surface area contributed by atoms with E-state index in [0.29, 0.717) is 46.0 Å². The standard InChI is InChI=1S/C27H34N4O6.BrH/c1-27(2,3)19-8-15(9-20(30(5)6)24(19)37-14-23(33)34)21(32)13-31-12-16-10-22(36-7)18(26(35)29-4)11-17(16)25(31)28;/h8-11,28H,12-14H2,1-7H3,(H,29,35)(H,33,34);1H. The fourth-order valence-corrected chi connectivity index (χ4v) is 4.26. The Morgan fingerprint density at radius 1 is 1.16 bits per heavy atom. The van der Waals surface area contributed by atoms with E-state index in [4.69, 9.17) is 20.0 Å². The molecule has 0 atom stereocenters. The summed E-state index contributed by atoms with van der Waals surface area (Å²) in [6.45, 7) is 5.69. The summed E-state index contributed by atoms with van der Waals surface area (Å²) >= 11 is 0. The number of nitrogens with zero attached hydrogens (tertiary/aromatic N) is 2. The highest BCUT2D eigenvalue weighted by molar-refractivity contribution is 8.93. The second-order valence-corrected chi connectivity index (χ2v) is 10.1. The number of carboxylic acid groups (broad SMARTS) is 1. The van der Waals surface area contributed by atoms with Gasteiger partial charge in [-0.2, -0.15) is 0 Å². The van der Waals surface area contributed by atoms with Crippen LogP contribution >= 0.6 is 17.0 Å². The third kappa shape index (κ3) is 6.27. The largest absolute Gasteiger partial charge is 0.496 e. The van der Waals surface area contributed by atoms with Crippen LogP contribution in [0, 0.1) is 5.41 Å². The molecule has 0 aliphatic carbocycles. The molecule has 0 aromatic heterocycles. The summed E-state index contributed by atoms with van der Waals surface area (Å²) < 4.78 is 11.0. The smallest absolute Gasteiger partial charge is 0.341 e. The monoisotopic (exact) mass is 590 g/mol. The first-order chi connectivity index (χ1) is 17.3. The van der Waals surface area contributed by atoms with E-state index >= 15 is 0 Å². The summed E-state index contributed by atoms with van der Waals surface area (Å²) in [5.74, 6) is -0.630. The van der Waals surface area contributed by atoms with Gasteiger partial charge in [0, 0.05) is 44.4 Å². The van der Waals surface area contributed by atoms with Crippen LogP contribution < -0.4 is 19.7 Å². The van der Waals surface area contributed by atoms with Gasteiger partial charge in [0.2, 0.25) is 0 Å². The molecule has 38 heavy (non-hydrogen) atoms. The number of carbonyl (C=O) groups is 3. The number of ether oxygens (including phenoxy) is 2. The summed E-state index contributed by atoms with van der Waals surface area (Å²) in [7, 11) is 6.60. The molecule has 0 saturated carbocycles. The van der Waals surface area contributed by atoms with Gasteiger partial charge in [0.05, 0.1) is 24.9 Å². The molecular formula is C27H35BrN4O6. The van der Waals surface area contributed by atoms with Crippen LogP contribution in [0.25, 0.3) is 0 Å². The maximum absolute atomic E-state index is 13.5. The second-order valence-electron chi connectivity index (χ2n) is 10.1. The Balaban J connectivity index is 0.00000507. The Bertz CT molecular complexity index is 1270. The van der Waals surface area contributed by atoms with Gasteiger partial charge in [-0.1, -0.05) is 20.8 Å². The van der Waals surface area contributed by atoms with E-state index in [1.807, 2.05) is 20.8 Å². The van der Waals surface area contributed by atoms with Gasteiger partial charge in [-0.05, 0) is 35.2 Å². The molecule has 3 N–H and O–H groups in total. The lowest BCUT2D eigenvalue weighted by Crippen LogP contribution is -2.31. The number of methoxy groups -OCH3 is 1. The zero-order chi connectivity index (χ0) is 27.7. The Hall–Kier alpha value is -3.60. The molecule has 0 saturated heterocycles. The van der Waals surface area contributed by atoms with Crippen molar-refractivity contribution >= 4 is 46.2 Å². The number of ketones is 1. The number of hydrogen-bond acceptors (Lipinski definition) is 7. The van der Waals surface area contributed by atoms with Crippen molar-refractivity contribution in [2.45, 2.75) is 32.7 Å². The van der Waals surface area contributed by atoms with Crippen LogP contribution in [0.5, 0.6) is 11.5 Å². The predicted octanol–water partition coefficient (Wildman–Crippen LogP) is 3.48. The fraction of sp³-hybridized carbons (Fsp3) is 0.407. The number of carbonyl (C=O) groups excluding carboxylic acids is 2. The SMILES string of the molecule is Br.CNC(=O)c1cc2c(cc1OC)CN(CC(=O)c1cc(N(C)C)c(OCC(=O)O)c(C(C)(C)C)c1)C2=N. The van der Waals surface area contributed by atoms with Crippen LogP contribution in [-0.2, 0) is 16.8 Å². The van der Waals surface area contributed by atoms with Crippen molar-refractivity contribution < 1.29 is 29.0 Å². The summed E-state index contributed by atoms with van der Waals surface area (Å²) in [6, 6.07) is 6.78. The number of amides is 1. The highest BCUT2D eigenvalue weighted by Gasteiger charge is 2.31. The number of benzene rings is 2. The number of amidine groups is 1. The number of Topliss-reactive ketones (excluding diaryl/α,β-unsaturated/α-hetero) is 1. The summed E-state index contributed by atoms with van der Waals surface area (Å²) in [4.78, 5) is 40.4. The number of hydrogen-bond donors (Lipinski definition) is 3. The zero-order valence-electron chi connectivity index (χ0n) is 22.7. The van der Waals surface area contributed by atoms with Gasteiger partial charge in [0.15, 0.2) is 12.4 Å². The molecule has 0 bridgehead atoms. The van der Waals surface area contributed by atoms with Gasteiger partial charge in [0.25, 0.3) is 5.91 Å². The Morgan fingerprint density at radius 3 is 2.34 bits per heavy atom. The third-order valence-corrected chi connectivity index (χ3v) is 6.19. The van der Waals surface area contributed by atoms with Gasteiger partial charge < -0.3 is 29.7 Å². The van der Waals surface area contributed by atoms with Gasteiger partial charge in [0.1, 0.15) is 17.3 Å². The van der Waals surface area contributed by atoms with Crippen molar-refractivity contribution in [1.82, 2.24) is 10.2 Å². The average molecular weight is 592 g/mol. The van der Waals surface area contributed by atoms with Gasteiger partial charge >= 0.3 is 5.97 Å². The third-order valence-electron chi connectivity index (χ3n) is 6.19. The number of halogens is 1. The van der Waals surface area contributed by atoms with Crippen LogP contribution in [0.2, 0.25) is 0 Å². The molecule has 2 aromatic rings. The molecule has 11 heteroatoms. The lowest BCUT2D eigenvalue weighted by Gasteiger charge is -2.28. The molecule has 3 rings (SSSR count). The zero-order valence-corrected chi connectivity index (χ0v) is 24.4. The molecule has 10 nitrogen and oxygen atoms in total. The van der Waals surface area contributed by atoms with Crippen LogP contribution in [0.3, 0.4) is 0 Å². The Labute approximate surface area is 233 Å². The maximum Gasteiger partial charge on any atom is 0.341 e. The first-order valence-corrected chi connectivity index (χ1v) is 11.8.